The Morgan fingerprint density at radius 2 is 1.81 bits per heavy atom. The first-order valence-corrected chi connectivity index (χ1v) is 11.3. The molecule has 3 N–H and O–H groups in total. The van der Waals surface area contributed by atoms with Gasteiger partial charge < -0.3 is 25.5 Å². The Morgan fingerprint density at radius 3 is 2.47 bits per heavy atom. The lowest BCUT2D eigenvalue weighted by Crippen LogP contribution is -2.59. The number of nitrogens with two attached hydrogens (primary N) is 1. The summed E-state index contributed by atoms with van der Waals surface area (Å²) in [6.45, 7) is 1.68. The fraction of sp³-hybridized carbons (Fsp3) is 0.185. The normalized spacial score (nSPS) is 16.3. The molecule has 1 heterocycles. The number of aldehydes is 1. The van der Waals surface area contributed by atoms with Gasteiger partial charge in [-0.1, -0.05) is 42.0 Å². The fourth-order valence-electron chi connectivity index (χ4n) is 4.59. The molecule has 36 heavy (non-hydrogen) atoms. The summed E-state index contributed by atoms with van der Waals surface area (Å²) in [5.74, 6) is -0.693. The van der Waals surface area contributed by atoms with E-state index in [-0.39, 0.29) is 12.2 Å². The molecule has 0 aromatic heterocycles. The van der Waals surface area contributed by atoms with Crippen LogP contribution in [0.15, 0.2) is 72.8 Å². The van der Waals surface area contributed by atoms with Gasteiger partial charge in [0, 0.05) is 17.3 Å². The third kappa shape index (κ3) is 4.26. The van der Waals surface area contributed by atoms with Gasteiger partial charge >= 0.3 is 6.03 Å². The number of benzene rings is 3. The molecule has 9 nitrogen and oxygen atoms in total. The summed E-state index contributed by atoms with van der Waals surface area (Å²) in [4.78, 5) is 54.4. The molecule has 9 heteroatoms. The number of nitrogens with one attached hydrogen (secondary N) is 1. The number of fused-ring (bicyclic) bond motifs is 1. The Balaban J connectivity index is 1.89. The summed E-state index contributed by atoms with van der Waals surface area (Å²) in [6, 6.07) is 19.5. The molecule has 0 aliphatic carbocycles. The molecular formula is C27H26N4O5. The van der Waals surface area contributed by atoms with Gasteiger partial charge in [0.1, 0.15) is 12.0 Å². The van der Waals surface area contributed by atoms with Gasteiger partial charge in [-0.25, -0.2) is 4.79 Å². The fourth-order valence-corrected chi connectivity index (χ4v) is 4.59. The van der Waals surface area contributed by atoms with Gasteiger partial charge in [-0.15, -0.1) is 0 Å². The average molecular weight is 487 g/mol. The number of primary amides is 1. The minimum atomic E-state index is -1.84. The molecule has 0 saturated heterocycles. The number of methoxy groups -OCH3 is 1. The highest BCUT2D eigenvalue weighted by Gasteiger charge is 2.57. The first-order valence-electron chi connectivity index (χ1n) is 11.3. The van der Waals surface area contributed by atoms with Crippen molar-refractivity contribution < 1.29 is 23.9 Å². The Hall–Kier alpha value is -4.66. The van der Waals surface area contributed by atoms with Crippen molar-refractivity contribution in [1.82, 2.24) is 0 Å². The molecule has 1 atom stereocenters. The number of rotatable bonds is 8. The summed E-state index contributed by atoms with van der Waals surface area (Å²) < 4.78 is 5.31. The van der Waals surface area contributed by atoms with Gasteiger partial charge in [-0.3, -0.25) is 14.5 Å². The maximum Gasteiger partial charge on any atom is 0.320 e. The van der Waals surface area contributed by atoms with E-state index in [9.17, 15) is 19.2 Å². The molecule has 3 aromatic rings. The largest absolute Gasteiger partial charge is 0.497 e. The number of nitrogens with zero attached hydrogens (tertiary/aromatic N) is 2. The second-order valence-corrected chi connectivity index (χ2v) is 8.43. The van der Waals surface area contributed by atoms with Gasteiger partial charge in [-0.05, 0) is 37.3 Å². The Morgan fingerprint density at radius 1 is 1.08 bits per heavy atom. The first-order chi connectivity index (χ1) is 17.3. The monoisotopic (exact) mass is 486 g/mol. The van der Waals surface area contributed by atoms with Crippen molar-refractivity contribution in [2.24, 2.45) is 5.73 Å². The van der Waals surface area contributed by atoms with Crippen molar-refractivity contribution in [3.05, 3.63) is 83.9 Å². The van der Waals surface area contributed by atoms with Crippen LogP contribution >= 0.6 is 0 Å². The van der Waals surface area contributed by atoms with Crippen LogP contribution in [0.1, 0.15) is 17.5 Å². The maximum atomic E-state index is 14.1. The second-order valence-electron chi connectivity index (χ2n) is 8.43. The second kappa shape index (κ2) is 9.91. The minimum Gasteiger partial charge on any atom is -0.497 e. The molecular weight excluding hydrogens is 460 g/mol. The van der Waals surface area contributed by atoms with Crippen molar-refractivity contribution in [2.45, 2.75) is 18.9 Å². The van der Waals surface area contributed by atoms with E-state index in [2.05, 4.69) is 5.32 Å². The van der Waals surface area contributed by atoms with Crippen molar-refractivity contribution >= 4 is 41.2 Å². The van der Waals surface area contributed by atoms with Crippen LogP contribution in [0.4, 0.5) is 21.9 Å². The van der Waals surface area contributed by atoms with E-state index in [4.69, 9.17) is 10.5 Å². The van der Waals surface area contributed by atoms with Gasteiger partial charge in [0.05, 0.1) is 31.5 Å². The van der Waals surface area contributed by atoms with E-state index in [0.717, 1.165) is 10.5 Å². The maximum absolute atomic E-state index is 14.1. The van der Waals surface area contributed by atoms with Crippen LogP contribution in [0.2, 0.25) is 0 Å². The molecule has 1 unspecified atom stereocenters. The van der Waals surface area contributed by atoms with Gasteiger partial charge in [0.2, 0.25) is 5.91 Å². The standard InChI is InChI=1S/C27H26N4O5/c1-18-10-12-19(13-11-18)29-24(33)17-27(31(26(28)35)20-6-5-7-21(16-20)36-2)22-8-3-4-9-23(22)30(14-15-32)25(27)34/h3-13,15-16H,14,17H2,1-2H3,(H2,28,35)(H,29,33). The molecule has 1 aliphatic rings. The molecule has 0 bridgehead atoms. The van der Waals surface area contributed by atoms with Gasteiger partial charge in [-0.2, -0.15) is 0 Å². The number of hydrogen-bond acceptors (Lipinski definition) is 5. The number of amides is 4. The number of hydrogen-bond donors (Lipinski definition) is 2. The van der Waals surface area contributed by atoms with E-state index < -0.39 is 29.8 Å². The lowest BCUT2D eigenvalue weighted by molar-refractivity contribution is -0.127. The molecule has 0 radical (unpaired) electrons. The lowest BCUT2D eigenvalue weighted by Gasteiger charge is -2.39. The van der Waals surface area contributed by atoms with Crippen LogP contribution in [-0.2, 0) is 19.9 Å². The number of para-hydroxylation sites is 1. The number of aryl methyl sites for hydroxylation is 1. The highest BCUT2D eigenvalue weighted by Crippen LogP contribution is 2.48. The quantitative estimate of drug-likeness (QED) is 0.473. The highest BCUT2D eigenvalue weighted by atomic mass is 16.5. The molecule has 4 rings (SSSR count). The van der Waals surface area contributed by atoms with Gasteiger partial charge in [0.15, 0.2) is 5.54 Å². The van der Waals surface area contributed by atoms with E-state index in [0.29, 0.717) is 29.0 Å². The first kappa shape index (κ1) is 24.5. The van der Waals surface area contributed by atoms with Crippen LogP contribution in [-0.4, -0.2) is 37.8 Å². The summed E-state index contributed by atoms with van der Waals surface area (Å²) in [5.41, 5.74) is 6.68. The molecule has 0 spiro atoms. The van der Waals surface area contributed by atoms with Crippen molar-refractivity contribution in [2.75, 3.05) is 28.8 Å². The Bertz CT molecular complexity index is 1320. The van der Waals surface area contributed by atoms with Crippen LogP contribution < -0.4 is 25.6 Å². The SMILES string of the molecule is COc1cccc(N(C(N)=O)C2(CC(=O)Nc3ccc(C)cc3)C(=O)N(CC=O)c3ccccc32)c1. The summed E-state index contributed by atoms with van der Waals surface area (Å²) in [5, 5.41) is 2.80. The smallest absolute Gasteiger partial charge is 0.320 e. The minimum absolute atomic E-state index is 0.248. The van der Waals surface area contributed by atoms with Crippen molar-refractivity contribution in [3.8, 4) is 5.75 Å². The van der Waals surface area contributed by atoms with E-state index >= 15 is 0 Å². The third-order valence-corrected chi connectivity index (χ3v) is 6.16. The molecule has 1 aliphatic heterocycles. The van der Waals surface area contributed by atoms with E-state index in [1.54, 1.807) is 60.7 Å². The number of ether oxygens (including phenoxy) is 1. The zero-order valence-electron chi connectivity index (χ0n) is 19.9. The number of anilines is 3. The topological polar surface area (TPSA) is 122 Å². The zero-order chi connectivity index (χ0) is 25.9. The highest BCUT2D eigenvalue weighted by molar-refractivity contribution is 6.17. The zero-order valence-corrected chi connectivity index (χ0v) is 19.9. The number of carbonyl (C=O) groups is 4. The average Bonchev–Trinajstić information content (AvgIpc) is 3.09. The molecule has 184 valence electrons. The van der Waals surface area contributed by atoms with Crippen molar-refractivity contribution in [1.29, 1.82) is 0 Å². The Labute approximate surface area is 208 Å². The third-order valence-electron chi connectivity index (χ3n) is 6.16. The van der Waals surface area contributed by atoms with Gasteiger partial charge in [0.25, 0.3) is 5.91 Å². The molecule has 0 saturated carbocycles. The van der Waals surface area contributed by atoms with Crippen LogP contribution in [0.5, 0.6) is 5.75 Å². The summed E-state index contributed by atoms with van der Waals surface area (Å²) >= 11 is 0. The molecule has 3 aromatic carbocycles. The predicted molar refractivity (Wildman–Crippen MR) is 136 cm³/mol. The Kier molecular flexibility index (Phi) is 6.73. The van der Waals surface area contributed by atoms with Crippen molar-refractivity contribution in [3.63, 3.8) is 0 Å². The van der Waals surface area contributed by atoms with E-state index in [1.807, 2.05) is 19.1 Å². The lowest BCUT2D eigenvalue weighted by atomic mass is 9.84. The molecule has 4 amide bonds. The summed E-state index contributed by atoms with van der Waals surface area (Å²) in [6.07, 6.45) is 0.156. The predicted octanol–water partition coefficient (Wildman–Crippen LogP) is 3.36. The summed E-state index contributed by atoms with van der Waals surface area (Å²) in [7, 11) is 1.47. The van der Waals surface area contributed by atoms with E-state index in [1.165, 1.54) is 12.0 Å². The van der Waals surface area contributed by atoms with Crippen LogP contribution in [0.25, 0.3) is 0 Å². The molecule has 0 fully saturated rings. The number of urea groups is 1. The van der Waals surface area contributed by atoms with Crippen LogP contribution in [0.3, 0.4) is 0 Å². The van der Waals surface area contributed by atoms with Crippen LogP contribution in [0, 0.1) is 6.92 Å². The number of carbonyl (C=O) groups excluding carboxylic acids is 4.